The fourth-order valence-corrected chi connectivity index (χ4v) is 3.71. The van der Waals surface area contributed by atoms with Crippen LogP contribution in [0, 0.1) is 20.8 Å². The number of piperazine rings is 1. The van der Waals surface area contributed by atoms with Gasteiger partial charge in [0.25, 0.3) is 5.91 Å². The molecule has 0 radical (unpaired) electrons. The predicted molar refractivity (Wildman–Crippen MR) is 112 cm³/mol. The van der Waals surface area contributed by atoms with Crippen molar-refractivity contribution in [2.24, 2.45) is 0 Å². The summed E-state index contributed by atoms with van der Waals surface area (Å²) in [6, 6.07) is 13.9. The van der Waals surface area contributed by atoms with Crippen molar-refractivity contribution in [1.29, 1.82) is 0 Å². The first-order valence-electron chi connectivity index (χ1n) is 9.99. The molecule has 6 nitrogen and oxygen atoms in total. The molecule has 1 amide bonds. The van der Waals surface area contributed by atoms with Gasteiger partial charge in [-0.25, -0.2) is 0 Å². The first-order chi connectivity index (χ1) is 14.0. The van der Waals surface area contributed by atoms with Crippen LogP contribution in [0.15, 0.2) is 47.0 Å². The van der Waals surface area contributed by atoms with E-state index in [1.54, 1.807) is 0 Å². The molecular formula is C23H26N4O2. The minimum Gasteiger partial charge on any atom is -0.338 e. The number of aromatic nitrogens is 2. The summed E-state index contributed by atoms with van der Waals surface area (Å²) in [5.41, 5.74) is 5.13. The van der Waals surface area contributed by atoms with Crippen molar-refractivity contribution < 1.29 is 9.32 Å². The molecule has 0 atom stereocenters. The van der Waals surface area contributed by atoms with Crippen LogP contribution < -0.4 is 0 Å². The minimum atomic E-state index is 0.116. The topological polar surface area (TPSA) is 62.5 Å². The fraction of sp³-hybridized carbons (Fsp3) is 0.348. The lowest BCUT2D eigenvalue weighted by molar-refractivity contribution is 0.0614. The second kappa shape index (κ2) is 8.17. The van der Waals surface area contributed by atoms with Crippen molar-refractivity contribution in [3.8, 4) is 11.4 Å². The molecule has 0 spiro atoms. The smallest absolute Gasteiger partial charge is 0.254 e. The largest absolute Gasteiger partial charge is 0.338 e. The molecule has 29 heavy (non-hydrogen) atoms. The van der Waals surface area contributed by atoms with Crippen LogP contribution in [-0.4, -0.2) is 52.0 Å². The van der Waals surface area contributed by atoms with Crippen molar-refractivity contribution in [1.82, 2.24) is 19.9 Å². The molecule has 2 heterocycles. The van der Waals surface area contributed by atoms with Crippen LogP contribution in [0.4, 0.5) is 0 Å². The van der Waals surface area contributed by atoms with Crippen LogP contribution >= 0.6 is 0 Å². The Hall–Kier alpha value is -2.99. The minimum absolute atomic E-state index is 0.116. The monoisotopic (exact) mass is 390 g/mol. The second-order valence-corrected chi connectivity index (χ2v) is 7.64. The Labute approximate surface area is 171 Å². The van der Waals surface area contributed by atoms with Crippen molar-refractivity contribution in [3.05, 3.63) is 70.6 Å². The molecular weight excluding hydrogens is 364 g/mol. The van der Waals surface area contributed by atoms with Gasteiger partial charge < -0.3 is 9.42 Å². The highest BCUT2D eigenvalue weighted by Gasteiger charge is 2.24. The molecule has 0 saturated carbocycles. The number of nitrogens with zero attached hydrogens (tertiary/aromatic N) is 4. The van der Waals surface area contributed by atoms with Crippen molar-refractivity contribution >= 4 is 5.91 Å². The number of hydrogen-bond acceptors (Lipinski definition) is 5. The van der Waals surface area contributed by atoms with Crippen molar-refractivity contribution in [3.63, 3.8) is 0 Å². The average Bonchev–Trinajstić information content (AvgIpc) is 3.19. The van der Waals surface area contributed by atoms with Gasteiger partial charge in [0.1, 0.15) is 0 Å². The van der Waals surface area contributed by atoms with E-state index in [1.807, 2.05) is 68.1 Å². The Morgan fingerprint density at radius 1 is 0.966 bits per heavy atom. The summed E-state index contributed by atoms with van der Waals surface area (Å²) in [5, 5.41) is 4.14. The molecule has 0 unspecified atom stereocenters. The molecule has 1 saturated heterocycles. The molecule has 1 fully saturated rings. The van der Waals surface area contributed by atoms with Gasteiger partial charge in [0, 0.05) is 37.3 Å². The molecule has 4 rings (SSSR count). The molecule has 0 N–H and O–H groups in total. The number of amides is 1. The van der Waals surface area contributed by atoms with E-state index in [0.29, 0.717) is 31.3 Å². The van der Waals surface area contributed by atoms with E-state index >= 15 is 0 Å². The summed E-state index contributed by atoms with van der Waals surface area (Å²) in [6.07, 6.45) is 0. The van der Waals surface area contributed by atoms with Gasteiger partial charge in [0.05, 0.1) is 6.54 Å². The quantitative estimate of drug-likeness (QED) is 0.681. The molecule has 0 aliphatic carbocycles. The van der Waals surface area contributed by atoms with E-state index in [1.165, 1.54) is 0 Å². The summed E-state index contributed by atoms with van der Waals surface area (Å²) < 4.78 is 5.47. The van der Waals surface area contributed by atoms with Gasteiger partial charge in [-0.1, -0.05) is 41.6 Å². The SMILES string of the molecule is Cc1ccccc1-c1noc(CN2CCN(C(=O)c3cccc(C)c3C)CC2)n1. The van der Waals surface area contributed by atoms with Crippen LogP contribution in [0.25, 0.3) is 11.4 Å². The predicted octanol–water partition coefficient (Wildman–Crippen LogP) is 3.62. The third-order valence-corrected chi connectivity index (χ3v) is 5.71. The molecule has 150 valence electrons. The van der Waals surface area contributed by atoms with Gasteiger partial charge in [-0.3, -0.25) is 9.69 Å². The highest BCUT2D eigenvalue weighted by molar-refractivity contribution is 5.96. The molecule has 1 aliphatic heterocycles. The Bertz CT molecular complexity index is 1020. The Balaban J connectivity index is 1.36. The van der Waals surface area contributed by atoms with Gasteiger partial charge in [0.2, 0.25) is 11.7 Å². The average molecular weight is 390 g/mol. The maximum absolute atomic E-state index is 12.9. The van der Waals surface area contributed by atoms with Gasteiger partial charge in [0.15, 0.2) is 0 Å². The van der Waals surface area contributed by atoms with Crippen LogP contribution in [0.3, 0.4) is 0 Å². The normalized spacial score (nSPS) is 14.9. The van der Waals surface area contributed by atoms with Crippen LogP contribution in [0.1, 0.15) is 32.9 Å². The van der Waals surface area contributed by atoms with Gasteiger partial charge >= 0.3 is 0 Å². The van der Waals surface area contributed by atoms with E-state index in [0.717, 1.165) is 40.9 Å². The Kier molecular flexibility index (Phi) is 5.45. The lowest BCUT2D eigenvalue weighted by atomic mass is 10.0. The van der Waals surface area contributed by atoms with Crippen LogP contribution in [0.2, 0.25) is 0 Å². The number of benzene rings is 2. The number of carbonyl (C=O) groups excluding carboxylic acids is 1. The van der Waals surface area contributed by atoms with Crippen molar-refractivity contribution in [2.75, 3.05) is 26.2 Å². The van der Waals surface area contributed by atoms with Crippen LogP contribution in [0.5, 0.6) is 0 Å². The van der Waals surface area contributed by atoms with Gasteiger partial charge in [-0.05, 0) is 43.5 Å². The lowest BCUT2D eigenvalue weighted by Crippen LogP contribution is -2.48. The molecule has 3 aromatic rings. The Morgan fingerprint density at radius 2 is 1.69 bits per heavy atom. The maximum Gasteiger partial charge on any atom is 0.254 e. The zero-order valence-electron chi connectivity index (χ0n) is 17.2. The Morgan fingerprint density at radius 3 is 2.45 bits per heavy atom. The number of rotatable bonds is 4. The van der Waals surface area contributed by atoms with E-state index in [2.05, 4.69) is 15.0 Å². The molecule has 0 bridgehead atoms. The van der Waals surface area contributed by atoms with Crippen molar-refractivity contribution in [2.45, 2.75) is 27.3 Å². The summed E-state index contributed by atoms with van der Waals surface area (Å²) in [7, 11) is 0. The zero-order valence-corrected chi connectivity index (χ0v) is 17.2. The van der Waals surface area contributed by atoms with E-state index in [-0.39, 0.29) is 5.91 Å². The summed E-state index contributed by atoms with van der Waals surface area (Å²) >= 11 is 0. The third-order valence-electron chi connectivity index (χ3n) is 5.71. The standard InChI is InChI=1S/C23H26N4O2/c1-16-8-6-10-20(18(16)3)23(28)27-13-11-26(12-14-27)15-21-24-22(25-29-21)19-9-5-4-7-17(19)2/h4-10H,11-15H2,1-3H3. The third kappa shape index (κ3) is 4.07. The molecule has 2 aromatic carbocycles. The van der Waals surface area contributed by atoms with E-state index < -0.39 is 0 Å². The number of hydrogen-bond donors (Lipinski definition) is 0. The number of carbonyl (C=O) groups is 1. The number of aryl methyl sites for hydroxylation is 2. The summed E-state index contributed by atoms with van der Waals surface area (Å²) in [4.78, 5) is 21.6. The van der Waals surface area contributed by atoms with E-state index in [9.17, 15) is 4.79 Å². The highest BCUT2D eigenvalue weighted by Crippen LogP contribution is 2.21. The summed E-state index contributed by atoms with van der Waals surface area (Å²) in [5.74, 6) is 1.35. The fourth-order valence-electron chi connectivity index (χ4n) is 3.71. The first kappa shape index (κ1) is 19.3. The maximum atomic E-state index is 12.9. The van der Waals surface area contributed by atoms with Gasteiger partial charge in [-0.15, -0.1) is 0 Å². The lowest BCUT2D eigenvalue weighted by Gasteiger charge is -2.34. The van der Waals surface area contributed by atoms with E-state index in [4.69, 9.17) is 4.52 Å². The molecule has 1 aromatic heterocycles. The van der Waals surface area contributed by atoms with Crippen LogP contribution in [-0.2, 0) is 6.54 Å². The zero-order chi connectivity index (χ0) is 20.4. The highest BCUT2D eigenvalue weighted by atomic mass is 16.5. The van der Waals surface area contributed by atoms with Gasteiger partial charge in [-0.2, -0.15) is 4.98 Å². The summed E-state index contributed by atoms with van der Waals surface area (Å²) in [6.45, 7) is 9.68. The molecule has 6 heteroatoms. The molecule has 1 aliphatic rings. The second-order valence-electron chi connectivity index (χ2n) is 7.64. The first-order valence-corrected chi connectivity index (χ1v) is 9.99.